The lowest BCUT2D eigenvalue weighted by atomic mass is 10.0. The molecule has 16 heavy (non-hydrogen) atoms. The number of amides is 1. The Morgan fingerprint density at radius 3 is 2.31 bits per heavy atom. The molecule has 0 bridgehead atoms. The largest absolute Gasteiger partial charge is 0.395 e. The van der Waals surface area contributed by atoms with Crippen molar-refractivity contribution in [2.75, 3.05) is 20.2 Å². The van der Waals surface area contributed by atoms with Crippen LogP contribution in [0.2, 0.25) is 0 Å². The molecule has 0 radical (unpaired) electrons. The van der Waals surface area contributed by atoms with Gasteiger partial charge in [-0.1, -0.05) is 26.0 Å². The van der Waals surface area contributed by atoms with Crippen molar-refractivity contribution in [3.8, 4) is 0 Å². The summed E-state index contributed by atoms with van der Waals surface area (Å²) in [6, 6.07) is 7.63. The first-order chi connectivity index (χ1) is 7.56. The number of aliphatic hydroxyl groups excluding tert-OH is 1. The first-order valence-corrected chi connectivity index (χ1v) is 5.52. The van der Waals surface area contributed by atoms with Crippen LogP contribution in [0, 0.1) is 0 Å². The van der Waals surface area contributed by atoms with Crippen LogP contribution in [0.5, 0.6) is 0 Å². The van der Waals surface area contributed by atoms with E-state index in [1.54, 1.807) is 7.05 Å². The summed E-state index contributed by atoms with van der Waals surface area (Å²) in [5, 5.41) is 8.76. The van der Waals surface area contributed by atoms with Crippen LogP contribution < -0.4 is 0 Å². The average molecular weight is 221 g/mol. The van der Waals surface area contributed by atoms with Gasteiger partial charge in [-0.2, -0.15) is 0 Å². The molecule has 0 saturated carbocycles. The molecule has 0 aliphatic heterocycles. The minimum Gasteiger partial charge on any atom is -0.395 e. The molecule has 3 heteroatoms. The molecule has 0 aromatic heterocycles. The summed E-state index contributed by atoms with van der Waals surface area (Å²) < 4.78 is 0. The van der Waals surface area contributed by atoms with Crippen molar-refractivity contribution >= 4 is 5.91 Å². The zero-order valence-electron chi connectivity index (χ0n) is 10.1. The van der Waals surface area contributed by atoms with Gasteiger partial charge in [0.15, 0.2) is 0 Å². The molecular formula is C13H19NO2. The Kier molecular flexibility index (Phi) is 4.50. The quantitative estimate of drug-likeness (QED) is 0.843. The Bertz CT molecular complexity index is 343. The molecule has 1 N–H and O–H groups in total. The van der Waals surface area contributed by atoms with Gasteiger partial charge in [0.1, 0.15) is 0 Å². The van der Waals surface area contributed by atoms with E-state index in [0.29, 0.717) is 18.0 Å². The maximum Gasteiger partial charge on any atom is 0.253 e. The van der Waals surface area contributed by atoms with Gasteiger partial charge in [-0.25, -0.2) is 0 Å². The molecule has 1 aromatic rings. The molecule has 0 unspecified atom stereocenters. The second-order valence-corrected chi connectivity index (χ2v) is 4.23. The van der Waals surface area contributed by atoms with Crippen molar-refractivity contribution in [1.82, 2.24) is 4.90 Å². The minimum atomic E-state index is -0.0515. The number of benzene rings is 1. The van der Waals surface area contributed by atoms with Crippen LogP contribution in [0.4, 0.5) is 0 Å². The Hall–Kier alpha value is -1.35. The fourth-order valence-electron chi connectivity index (χ4n) is 1.48. The van der Waals surface area contributed by atoms with E-state index < -0.39 is 0 Å². The smallest absolute Gasteiger partial charge is 0.253 e. The van der Waals surface area contributed by atoms with Crippen LogP contribution in [-0.4, -0.2) is 36.1 Å². The number of nitrogens with zero attached hydrogens (tertiary/aromatic N) is 1. The second kappa shape index (κ2) is 5.66. The van der Waals surface area contributed by atoms with E-state index in [-0.39, 0.29) is 12.5 Å². The SMILES string of the molecule is CC(C)c1ccc(C(=O)N(C)CCO)cc1. The predicted octanol–water partition coefficient (Wildman–Crippen LogP) is 1.87. The molecule has 1 amide bonds. The normalized spacial score (nSPS) is 10.6. The lowest BCUT2D eigenvalue weighted by Gasteiger charge is -2.16. The van der Waals surface area contributed by atoms with E-state index in [0.717, 1.165) is 0 Å². The molecule has 0 atom stereocenters. The number of carbonyl (C=O) groups excluding carboxylic acids is 1. The summed E-state index contributed by atoms with van der Waals surface area (Å²) in [4.78, 5) is 13.3. The van der Waals surface area contributed by atoms with Crippen molar-refractivity contribution in [1.29, 1.82) is 0 Å². The Morgan fingerprint density at radius 2 is 1.88 bits per heavy atom. The maximum absolute atomic E-state index is 11.8. The number of carbonyl (C=O) groups is 1. The van der Waals surface area contributed by atoms with Gasteiger partial charge >= 0.3 is 0 Å². The highest BCUT2D eigenvalue weighted by Crippen LogP contribution is 2.15. The zero-order chi connectivity index (χ0) is 12.1. The van der Waals surface area contributed by atoms with Gasteiger partial charge in [0.05, 0.1) is 6.61 Å². The molecule has 0 spiro atoms. The summed E-state index contributed by atoms with van der Waals surface area (Å²) >= 11 is 0. The Balaban J connectivity index is 2.77. The molecule has 1 aromatic carbocycles. The van der Waals surface area contributed by atoms with Crippen molar-refractivity contribution in [2.24, 2.45) is 0 Å². The lowest BCUT2D eigenvalue weighted by molar-refractivity contribution is 0.0767. The number of likely N-dealkylation sites (N-methyl/N-ethyl adjacent to an activating group) is 1. The number of hydrogen-bond acceptors (Lipinski definition) is 2. The van der Waals surface area contributed by atoms with Gasteiger partial charge in [-0.3, -0.25) is 4.79 Å². The van der Waals surface area contributed by atoms with Gasteiger partial charge in [0.25, 0.3) is 5.91 Å². The topological polar surface area (TPSA) is 40.5 Å². The van der Waals surface area contributed by atoms with Crippen LogP contribution in [-0.2, 0) is 0 Å². The molecule has 0 fully saturated rings. The zero-order valence-corrected chi connectivity index (χ0v) is 10.1. The van der Waals surface area contributed by atoms with Crippen molar-refractivity contribution in [2.45, 2.75) is 19.8 Å². The summed E-state index contributed by atoms with van der Waals surface area (Å²) in [6.07, 6.45) is 0. The highest BCUT2D eigenvalue weighted by Gasteiger charge is 2.10. The molecule has 0 saturated heterocycles. The third-order valence-corrected chi connectivity index (χ3v) is 2.61. The Labute approximate surface area is 96.7 Å². The van der Waals surface area contributed by atoms with E-state index in [9.17, 15) is 4.79 Å². The molecule has 88 valence electrons. The fourth-order valence-corrected chi connectivity index (χ4v) is 1.48. The third kappa shape index (κ3) is 3.07. The monoisotopic (exact) mass is 221 g/mol. The number of aliphatic hydroxyl groups is 1. The highest BCUT2D eigenvalue weighted by molar-refractivity contribution is 5.94. The highest BCUT2D eigenvalue weighted by atomic mass is 16.3. The average Bonchev–Trinajstić information content (AvgIpc) is 2.28. The van der Waals surface area contributed by atoms with Crippen molar-refractivity contribution < 1.29 is 9.90 Å². The molecule has 0 heterocycles. The van der Waals surface area contributed by atoms with E-state index in [1.165, 1.54) is 10.5 Å². The minimum absolute atomic E-state index is 0.00762. The Morgan fingerprint density at radius 1 is 1.31 bits per heavy atom. The van der Waals surface area contributed by atoms with Crippen LogP contribution >= 0.6 is 0 Å². The van der Waals surface area contributed by atoms with Crippen molar-refractivity contribution in [3.05, 3.63) is 35.4 Å². The lowest BCUT2D eigenvalue weighted by Crippen LogP contribution is -2.29. The van der Waals surface area contributed by atoms with Crippen LogP contribution in [0.1, 0.15) is 35.7 Å². The van der Waals surface area contributed by atoms with Crippen LogP contribution in [0.3, 0.4) is 0 Å². The van der Waals surface area contributed by atoms with Gasteiger partial charge in [0, 0.05) is 19.2 Å². The maximum atomic E-state index is 11.8. The summed E-state index contributed by atoms with van der Waals surface area (Å²) in [6.45, 7) is 4.60. The van der Waals surface area contributed by atoms with E-state index >= 15 is 0 Å². The van der Waals surface area contributed by atoms with Gasteiger partial charge in [-0.05, 0) is 23.6 Å². The number of rotatable bonds is 4. The van der Waals surface area contributed by atoms with E-state index in [2.05, 4.69) is 13.8 Å². The molecule has 3 nitrogen and oxygen atoms in total. The fraction of sp³-hybridized carbons (Fsp3) is 0.462. The molecule has 1 rings (SSSR count). The van der Waals surface area contributed by atoms with Gasteiger partial charge in [0.2, 0.25) is 0 Å². The molecule has 0 aliphatic rings. The third-order valence-electron chi connectivity index (χ3n) is 2.61. The molecule has 0 aliphatic carbocycles. The first kappa shape index (κ1) is 12.7. The summed E-state index contributed by atoms with van der Waals surface area (Å²) in [7, 11) is 1.69. The van der Waals surface area contributed by atoms with Gasteiger partial charge in [-0.15, -0.1) is 0 Å². The molecular weight excluding hydrogens is 202 g/mol. The summed E-state index contributed by atoms with van der Waals surface area (Å²) in [5.74, 6) is 0.420. The van der Waals surface area contributed by atoms with Gasteiger partial charge < -0.3 is 10.0 Å². The van der Waals surface area contributed by atoms with E-state index in [1.807, 2.05) is 24.3 Å². The number of hydrogen-bond donors (Lipinski definition) is 1. The van der Waals surface area contributed by atoms with Crippen LogP contribution in [0.15, 0.2) is 24.3 Å². The van der Waals surface area contributed by atoms with Crippen LogP contribution in [0.25, 0.3) is 0 Å². The summed E-state index contributed by atoms with van der Waals surface area (Å²) in [5.41, 5.74) is 1.89. The first-order valence-electron chi connectivity index (χ1n) is 5.52. The standard InChI is InChI=1S/C13H19NO2/c1-10(2)11-4-6-12(7-5-11)13(16)14(3)8-9-15/h4-7,10,15H,8-9H2,1-3H3. The van der Waals surface area contributed by atoms with Crippen molar-refractivity contribution in [3.63, 3.8) is 0 Å². The predicted molar refractivity (Wildman–Crippen MR) is 64.6 cm³/mol. The second-order valence-electron chi connectivity index (χ2n) is 4.23. The van der Waals surface area contributed by atoms with E-state index in [4.69, 9.17) is 5.11 Å².